The zero-order valence-corrected chi connectivity index (χ0v) is 15.7. The van der Waals surface area contributed by atoms with Crippen molar-refractivity contribution in [2.75, 3.05) is 5.32 Å². The lowest BCUT2D eigenvalue weighted by Crippen LogP contribution is -2.30. The smallest absolute Gasteiger partial charge is 0.293 e. The highest BCUT2D eigenvalue weighted by Gasteiger charge is 2.13. The molecule has 0 unspecified atom stereocenters. The summed E-state index contributed by atoms with van der Waals surface area (Å²) in [4.78, 5) is 24.8. The van der Waals surface area contributed by atoms with Gasteiger partial charge in [0.2, 0.25) is 5.91 Å². The molecule has 1 aromatic carbocycles. The molecule has 1 N–H and O–H groups in total. The molecule has 27 heavy (non-hydrogen) atoms. The third-order valence-corrected chi connectivity index (χ3v) is 4.35. The number of rotatable bonds is 4. The summed E-state index contributed by atoms with van der Waals surface area (Å²) in [6.45, 7) is 1.46. The average molecular weight is 429 g/mol. The first-order valence-electron chi connectivity index (χ1n) is 7.94. The predicted molar refractivity (Wildman–Crippen MR) is 100 cm³/mol. The molecule has 0 fully saturated rings. The van der Waals surface area contributed by atoms with Gasteiger partial charge in [-0.2, -0.15) is 10.2 Å². The Bertz CT molecular complexity index is 1190. The van der Waals surface area contributed by atoms with Crippen LogP contribution in [0.15, 0.2) is 56.5 Å². The summed E-state index contributed by atoms with van der Waals surface area (Å²) < 4.78 is 8.31. The van der Waals surface area contributed by atoms with E-state index in [4.69, 9.17) is 4.52 Å². The van der Waals surface area contributed by atoms with Gasteiger partial charge in [0.05, 0.1) is 5.69 Å². The van der Waals surface area contributed by atoms with Crippen LogP contribution in [0.25, 0.3) is 16.8 Å². The minimum atomic E-state index is -0.435. The van der Waals surface area contributed by atoms with E-state index in [9.17, 15) is 9.59 Å². The largest absolute Gasteiger partial charge is 0.360 e. The second kappa shape index (κ2) is 6.80. The van der Waals surface area contributed by atoms with Crippen molar-refractivity contribution in [2.45, 2.75) is 13.5 Å². The molecule has 4 rings (SSSR count). The number of aromatic nitrogens is 5. The van der Waals surface area contributed by atoms with E-state index >= 15 is 0 Å². The van der Waals surface area contributed by atoms with E-state index in [1.165, 1.54) is 10.8 Å². The summed E-state index contributed by atoms with van der Waals surface area (Å²) in [6.07, 6.45) is 1.40. The topological polar surface area (TPSA) is 107 Å². The van der Waals surface area contributed by atoms with Crippen molar-refractivity contribution in [2.24, 2.45) is 0 Å². The Labute approximate surface area is 160 Å². The molecule has 4 aromatic rings. The van der Waals surface area contributed by atoms with Gasteiger partial charge in [0.25, 0.3) is 5.56 Å². The zero-order valence-electron chi connectivity index (χ0n) is 14.1. The van der Waals surface area contributed by atoms with Crippen LogP contribution >= 0.6 is 15.9 Å². The molecule has 0 spiro atoms. The fraction of sp³-hybridized carbons (Fsp3) is 0.118. The van der Waals surface area contributed by atoms with E-state index in [-0.39, 0.29) is 12.4 Å². The van der Waals surface area contributed by atoms with E-state index in [0.717, 1.165) is 14.7 Å². The van der Waals surface area contributed by atoms with Crippen LogP contribution in [0.2, 0.25) is 0 Å². The van der Waals surface area contributed by atoms with Gasteiger partial charge in [-0.05, 0) is 25.1 Å². The van der Waals surface area contributed by atoms with Gasteiger partial charge >= 0.3 is 0 Å². The lowest BCUT2D eigenvalue weighted by atomic mass is 10.1. The molecule has 0 bridgehead atoms. The Hall–Kier alpha value is -3.27. The molecule has 0 aliphatic heterocycles. The molecule has 3 aromatic heterocycles. The summed E-state index contributed by atoms with van der Waals surface area (Å²) in [5, 5.41) is 14.6. The first-order valence-corrected chi connectivity index (χ1v) is 8.73. The van der Waals surface area contributed by atoms with Gasteiger partial charge < -0.3 is 9.84 Å². The molecule has 0 radical (unpaired) electrons. The summed E-state index contributed by atoms with van der Waals surface area (Å²) >= 11 is 3.38. The maximum Gasteiger partial charge on any atom is 0.293 e. The van der Waals surface area contributed by atoms with Crippen molar-refractivity contribution in [1.82, 2.24) is 24.6 Å². The van der Waals surface area contributed by atoms with Crippen LogP contribution in [0.4, 0.5) is 5.82 Å². The van der Waals surface area contributed by atoms with E-state index in [2.05, 4.69) is 36.6 Å². The first-order chi connectivity index (χ1) is 13.0. The predicted octanol–water partition coefficient (Wildman–Crippen LogP) is 2.26. The molecule has 1 amide bonds. The fourth-order valence-electron chi connectivity index (χ4n) is 2.56. The first kappa shape index (κ1) is 17.2. The number of hydrogen-bond acceptors (Lipinski definition) is 6. The minimum Gasteiger partial charge on any atom is -0.360 e. The molecule has 10 heteroatoms. The van der Waals surface area contributed by atoms with E-state index in [1.807, 2.05) is 24.3 Å². The minimum absolute atomic E-state index is 0.250. The molecule has 0 saturated carbocycles. The summed E-state index contributed by atoms with van der Waals surface area (Å²) in [6, 6.07) is 10.8. The number of hydrogen-bond donors (Lipinski definition) is 1. The van der Waals surface area contributed by atoms with Crippen LogP contribution in [-0.4, -0.2) is 30.5 Å². The van der Waals surface area contributed by atoms with Crippen LogP contribution in [0, 0.1) is 6.92 Å². The van der Waals surface area contributed by atoms with Crippen molar-refractivity contribution in [1.29, 1.82) is 0 Å². The average Bonchev–Trinajstić information content (AvgIpc) is 3.25. The molecule has 0 atom stereocenters. The monoisotopic (exact) mass is 428 g/mol. The molecule has 0 aliphatic rings. The third-order valence-electron chi connectivity index (χ3n) is 3.82. The van der Waals surface area contributed by atoms with Gasteiger partial charge in [-0.25, -0.2) is 9.20 Å². The Morgan fingerprint density at radius 3 is 2.74 bits per heavy atom. The summed E-state index contributed by atoms with van der Waals surface area (Å²) in [5.74, 6) is 0.421. The van der Waals surface area contributed by atoms with E-state index in [1.54, 1.807) is 19.1 Å². The molecule has 0 saturated heterocycles. The lowest BCUT2D eigenvalue weighted by molar-refractivity contribution is -0.117. The molecular formula is C17H13BrN6O3. The molecule has 0 aliphatic carbocycles. The number of nitrogens with one attached hydrogen (secondary N) is 1. The second-order valence-electron chi connectivity index (χ2n) is 5.83. The molecule has 136 valence electrons. The van der Waals surface area contributed by atoms with Crippen LogP contribution in [0.5, 0.6) is 0 Å². The SMILES string of the molecule is Cc1cc(NC(=O)Cn2ncn3nc(-c4ccc(Br)cc4)cc3c2=O)no1. The van der Waals surface area contributed by atoms with Crippen molar-refractivity contribution in [3.8, 4) is 11.3 Å². The standard InChI is InChI=1S/C17H13BrN6O3/c1-10-6-15(22-27-10)20-16(25)8-23-17(26)14-7-13(21-24(14)9-19-23)11-2-4-12(18)5-3-11/h2-7,9H,8H2,1H3,(H,20,22,25). The van der Waals surface area contributed by atoms with E-state index < -0.39 is 11.5 Å². The number of nitrogens with zero attached hydrogens (tertiary/aromatic N) is 5. The number of halogens is 1. The van der Waals surface area contributed by atoms with E-state index in [0.29, 0.717) is 17.0 Å². The van der Waals surface area contributed by atoms with Crippen LogP contribution in [0.3, 0.4) is 0 Å². The highest BCUT2D eigenvalue weighted by Crippen LogP contribution is 2.20. The number of aryl methyl sites for hydroxylation is 1. The van der Waals surface area contributed by atoms with Crippen molar-refractivity contribution >= 4 is 33.2 Å². The Kier molecular flexibility index (Phi) is 4.32. The van der Waals surface area contributed by atoms with Gasteiger partial charge in [0, 0.05) is 16.1 Å². The number of anilines is 1. The second-order valence-corrected chi connectivity index (χ2v) is 6.75. The van der Waals surface area contributed by atoms with Gasteiger partial charge in [-0.3, -0.25) is 9.59 Å². The van der Waals surface area contributed by atoms with Gasteiger partial charge in [-0.1, -0.05) is 33.2 Å². The number of fused-ring (bicyclic) bond motifs is 1. The van der Waals surface area contributed by atoms with Crippen molar-refractivity contribution in [3.05, 3.63) is 63.3 Å². The van der Waals surface area contributed by atoms with Gasteiger partial charge in [0.1, 0.15) is 24.1 Å². The Morgan fingerprint density at radius 2 is 2.04 bits per heavy atom. The summed E-state index contributed by atoms with van der Waals surface area (Å²) in [5.41, 5.74) is 1.42. The number of carbonyl (C=O) groups is 1. The Balaban J connectivity index is 1.61. The maximum absolute atomic E-state index is 12.6. The lowest BCUT2D eigenvalue weighted by Gasteiger charge is -2.04. The van der Waals surface area contributed by atoms with Crippen LogP contribution in [-0.2, 0) is 11.3 Å². The highest BCUT2D eigenvalue weighted by atomic mass is 79.9. The maximum atomic E-state index is 12.6. The number of amides is 1. The number of carbonyl (C=O) groups excluding carboxylic acids is 1. The zero-order chi connectivity index (χ0) is 19.0. The molecule has 9 nitrogen and oxygen atoms in total. The van der Waals surface area contributed by atoms with Gasteiger partial charge in [0.15, 0.2) is 5.82 Å². The third kappa shape index (κ3) is 3.51. The highest BCUT2D eigenvalue weighted by molar-refractivity contribution is 9.10. The van der Waals surface area contributed by atoms with Gasteiger partial charge in [-0.15, -0.1) is 0 Å². The molecular weight excluding hydrogens is 416 g/mol. The number of benzene rings is 1. The van der Waals surface area contributed by atoms with Crippen molar-refractivity contribution in [3.63, 3.8) is 0 Å². The quantitative estimate of drug-likeness (QED) is 0.533. The summed E-state index contributed by atoms with van der Waals surface area (Å²) in [7, 11) is 0. The normalized spacial score (nSPS) is 11.0. The van der Waals surface area contributed by atoms with Crippen LogP contribution < -0.4 is 10.9 Å². The fourth-order valence-corrected chi connectivity index (χ4v) is 2.82. The van der Waals surface area contributed by atoms with Crippen LogP contribution in [0.1, 0.15) is 5.76 Å². The molecule has 3 heterocycles. The van der Waals surface area contributed by atoms with Crippen molar-refractivity contribution < 1.29 is 9.32 Å². The Morgan fingerprint density at radius 1 is 1.26 bits per heavy atom.